The fourth-order valence-electron chi connectivity index (χ4n) is 1.64. The van der Waals surface area contributed by atoms with Crippen LogP contribution >= 0.6 is 0 Å². The molecule has 0 bridgehead atoms. The Labute approximate surface area is 114 Å². The quantitative estimate of drug-likeness (QED) is 0.727. The third kappa shape index (κ3) is 4.15. The molecule has 0 aliphatic carbocycles. The molecule has 1 rings (SSSR count). The van der Waals surface area contributed by atoms with Gasteiger partial charge in [-0.2, -0.15) is 0 Å². The average Bonchev–Trinajstić information content (AvgIpc) is 2.39. The summed E-state index contributed by atoms with van der Waals surface area (Å²) in [7, 11) is -0.360. The van der Waals surface area contributed by atoms with Crippen molar-refractivity contribution in [2.24, 2.45) is 0 Å². The molecule has 6 nitrogen and oxygen atoms in total. The van der Waals surface area contributed by atoms with Gasteiger partial charge in [-0.05, 0) is 19.4 Å². The van der Waals surface area contributed by atoms with E-state index in [0.29, 0.717) is 31.8 Å². The van der Waals surface area contributed by atoms with Crippen LogP contribution in [0.1, 0.15) is 13.3 Å². The summed E-state index contributed by atoms with van der Waals surface area (Å²) in [6.45, 7) is 3.52. The van der Waals surface area contributed by atoms with Crippen LogP contribution in [0, 0.1) is 0 Å². The first-order valence-electron chi connectivity index (χ1n) is 6.17. The summed E-state index contributed by atoms with van der Waals surface area (Å²) < 4.78 is 31.1. The van der Waals surface area contributed by atoms with E-state index in [4.69, 9.17) is 4.74 Å². The van der Waals surface area contributed by atoms with Crippen LogP contribution in [0.25, 0.3) is 0 Å². The predicted octanol–water partition coefficient (Wildman–Crippen LogP) is 1.17. The third-order valence-electron chi connectivity index (χ3n) is 2.66. The van der Waals surface area contributed by atoms with Crippen LogP contribution in [0.2, 0.25) is 0 Å². The Morgan fingerprint density at radius 3 is 2.84 bits per heavy atom. The lowest BCUT2D eigenvalue weighted by Crippen LogP contribution is -2.29. The highest BCUT2D eigenvalue weighted by Gasteiger charge is 2.23. The maximum atomic E-state index is 12.4. The number of methoxy groups -OCH3 is 1. The molecule has 1 aromatic rings. The van der Waals surface area contributed by atoms with E-state index in [9.17, 15) is 8.42 Å². The molecule has 0 radical (unpaired) electrons. The van der Waals surface area contributed by atoms with Gasteiger partial charge in [-0.3, -0.25) is 4.98 Å². The number of rotatable bonds is 8. The lowest BCUT2D eigenvalue weighted by atomic mass is 10.4. The van der Waals surface area contributed by atoms with Crippen LogP contribution in [-0.4, -0.2) is 51.6 Å². The van der Waals surface area contributed by atoms with Crippen LogP contribution in [0.15, 0.2) is 23.4 Å². The second-order valence-electron chi connectivity index (χ2n) is 4.08. The second-order valence-corrected chi connectivity index (χ2v) is 6.09. The van der Waals surface area contributed by atoms with Crippen LogP contribution in [0.4, 0.5) is 5.69 Å². The summed E-state index contributed by atoms with van der Waals surface area (Å²) in [6.07, 6.45) is 3.60. The van der Waals surface area contributed by atoms with Crippen molar-refractivity contribution in [3.8, 4) is 0 Å². The fourth-order valence-corrected chi connectivity index (χ4v) is 2.96. The van der Waals surface area contributed by atoms with E-state index in [0.717, 1.165) is 0 Å². The Bertz CT molecular complexity index is 491. The zero-order valence-electron chi connectivity index (χ0n) is 11.6. The highest BCUT2D eigenvalue weighted by Crippen LogP contribution is 2.22. The number of ether oxygens (including phenoxy) is 1. The lowest BCUT2D eigenvalue weighted by molar-refractivity contribution is 0.189. The first kappa shape index (κ1) is 15.9. The van der Waals surface area contributed by atoms with Gasteiger partial charge in [0.05, 0.1) is 5.69 Å². The monoisotopic (exact) mass is 287 g/mol. The van der Waals surface area contributed by atoms with E-state index < -0.39 is 10.0 Å². The molecule has 0 aliphatic heterocycles. The second kappa shape index (κ2) is 7.42. The summed E-state index contributed by atoms with van der Waals surface area (Å²) in [4.78, 5) is 4.11. The van der Waals surface area contributed by atoms with Crippen molar-refractivity contribution in [3.05, 3.63) is 18.5 Å². The van der Waals surface area contributed by atoms with Gasteiger partial charge in [0.15, 0.2) is 0 Å². The van der Waals surface area contributed by atoms with Crippen LogP contribution in [-0.2, 0) is 14.8 Å². The molecule has 7 heteroatoms. The van der Waals surface area contributed by atoms with E-state index in [1.807, 2.05) is 6.92 Å². The van der Waals surface area contributed by atoms with E-state index in [1.165, 1.54) is 10.5 Å². The van der Waals surface area contributed by atoms with Crippen molar-refractivity contribution in [3.63, 3.8) is 0 Å². The van der Waals surface area contributed by atoms with Gasteiger partial charge in [0.2, 0.25) is 10.0 Å². The van der Waals surface area contributed by atoms with Gasteiger partial charge in [-0.15, -0.1) is 0 Å². The number of pyridine rings is 1. The first-order valence-corrected chi connectivity index (χ1v) is 7.61. The predicted molar refractivity (Wildman–Crippen MR) is 74.7 cm³/mol. The van der Waals surface area contributed by atoms with Crippen LogP contribution in [0.3, 0.4) is 0 Å². The highest BCUT2D eigenvalue weighted by atomic mass is 32.2. The molecular formula is C12H21N3O3S. The maximum Gasteiger partial charge on any atom is 0.246 e. The van der Waals surface area contributed by atoms with Gasteiger partial charge in [0, 0.05) is 46.2 Å². The minimum atomic E-state index is -3.52. The third-order valence-corrected chi connectivity index (χ3v) is 4.55. The zero-order valence-corrected chi connectivity index (χ0v) is 12.4. The molecule has 0 spiro atoms. The molecule has 1 N–H and O–H groups in total. The molecule has 0 amide bonds. The molecule has 1 heterocycles. The number of nitrogens with one attached hydrogen (secondary N) is 1. The summed E-state index contributed by atoms with van der Waals surface area (Å²) in [6, 6.07) is 1.67. The molecule has 0 saturated carbocycles. The van der Waals surface area contributed by atoms with Crippen molar-refractivity contribution >= 4 is 15.7 Å². The fraction of sp³-hybridized carbons (Fsp3) is 0.583. The van der Waals surface area contributed by atoms with Gasteiger partial charge in [0.25, 0.3) is 0 Å². The highest BCUT2D eigenvalue weighted by molar-refractivity contribution is 7.89. The number of hydrogen-bond acceptors (Lipinski definition) is 5. The van der Waals surface area contributed by atoms with Gasteiger partial charge >= 0.3 is 0 Å². The molecular weight excluding hydrogens is 266 g/mol. The number of anilines is 1. The maximum absolute atomic E-state index is 12.4. The SMILES string of the molecule is CCNc1ccncc1S(=O)(=O)N(C)CCCOC. The van der Waals surface area contributed by atoms with Crippen molar-refractivity contribution in [2.75, 3.05) is 39.2 Å². The number of hydrogen-bond donors (Lipinski definition) is 1. The largest absolute Gasteiger partial charge is 0.385 e. The van der Waals surface area contributed by atoms with Gasteiger partial charge in [-0.25, -0.2) is 12.7 Å². The summed E-state index contributed by atoms with van der Waals surface area (Å²) in [5, 5.41) is 3.03. The molecule has 19 heavy (non-hydrogen) atoms. The zero-order chi connectivity index (χ0) is 14.3. The Balaban J connectivity index is 2.93. The van der Waals surface area contributed by atoms with E-state index in [-0.39, 0.29) is 4.90 Å². The standard InChI is InChI=1S/C12H21N3O3S/c1-4-14-11-6-7-13-10-12(11)19(16,17)15(2)8-5-9-18-3/h6-7,10H,4-5,8-9H2,1-3H3,(H,13,14). The van der Waals surface area contributed by atoms with E-state index >= 15 is 0 Å². The minimum Gasteiger partial charge on any atom is -0.385 e. The van der Waals surface area contributed by atoms with Gasteiger partial charge < -0.3 is 10.1 Å². The Kier molecular flexibility index (Phi) is 6.20. The van der Waals surface area contributed by atoms with Crippen molar-refractivity contribution in [1.82, 2.24) is 9.29 Å². The Hall–Kier alpha value is -1.18. The molecule has 0 atom stereocenters. The Morgan fingerprint density at radius 1 is 1.47 bits per heavy atom. The van der Waals surface area contributed by atoms with E-state index in [1.54, 1.807) is 26.4 Å². The van der Waals surface area contributed by atoms with Crippen LogP contribution in [0.5, 0.6) is 0 Å². The molecule has 0 unspecified atom stereocenters. The van der Waals surface area contributed by atoms with E-state index in [2.05, 4.69) is 10.3 Å². The lowest BCUT2D eigenvalue weighted by Gasteiger charge is -2.19. The minimum absolute atomic E-state index is 0.205. The molecule has 108 valence electrons. The smallest absolute Gasteiger partial charge is 0.246 e. The summed E-state index contributed by atoms with van der Waals surface area (Å²) in [5.41, 5.74) is 0.580. The van der Waals surface area contributed by atoms with Crippen molar-refractivity contribution in [2.45, 2.75) is 18.2 Å². The summed E-state index contributed by atoms with van der Waals surface area (Å²) >= 11 is 0. The van der Waals surface area contributed by atoms with Gasteiger partial charge in [-0.1, -0.05) is 0 Å². The average molecular weight is 287 g/mol. The first-order chi connectivity index (χ1) is 9.04. The number of sulfonamides is 1. The molecule has 0 fully saturated rings. The van der Waals surface area contributed by atoms with Gasteiger partial charge in [0.1, 0.15) is 4.90 Å². The topological polar surface area (TPSA) is 71.5 Å². The molecule has 0 saturated heterocycles. The van der Waals surface area contributed by atoms with Crippen molar-refractivity contribution < 1.29 is 13.2 Å². The number of nitrogens with zero attached hydrogens (tertiary/aromatic N) is 2. The van der Waals surface area contributed by atoms with Crippen LogP contribution < -0.4 is 5.32 Å². The molecule has 0 aliphatic rings. The number of aromatic nitrogens is 1. The molecule has 0 aromatic carbocycles. The summed E-state index contributed by atoms with van der Waals surface area (Å²) in [5.74, 6) is 0. The Morgan fingerprint density at radius 2 is 2.21 bits per heavy atom. The molecule has 1 aromatic heterocycles. The van der Waals surface area contributed by atoms with Crippen molar-refractivity contribution in [1.29, 1.82) is 0 Å². The normalized spacial score (nSPS) is 11.8.